The average Bonchev–Trinajstić information content (AvgIpc) is 2.11. The lowest BCUT2D eigenvalue weighted by Crippen LogP contribution is -2.48. The molecule has 4 N–H and O–H groups in total. The minimum atomic E-state index is -1.03. The lowest BCUT2D eigenvalue weighted by molar-refractivity contribution is -0.142. The van der Waals surface area contributed by atoms with Crippen LogP contribution in [0.1, 0.15) is 33.6 Å². The van der Waals surface area contributed by atoms with Gasteiger partial charge in [-0.15, -0.1) is 0 Å². The Kier molecular flexibility index (Phi) is 5.93. The van der Waals surface area contributed by atoms with Crippen molar-refractivity contribution in [2.75, 3.05) is 0 Å². The highest BCUT2D eigenvalue weighted by atomic mass is 16.4. The molecule has 0 aliphatic rings. The first kappa shape index (κ1) is 13.9. The first-order chi connectivity index (χ1) is 6.88. The molecule has 0 aliphatic heterocycles. The smallest absolute Gasteiger partial charge is 0.326 e. The maximum Gasteiger partial charge on any atom is 0.326 e. The number of carbonyl (C=O) groups is 2. The molecule has 1 amide bonds. The summed E-state index contributed by atoms with van der Waals surface area (Å²) in [7, 11) is 0. The minimum Gasteiger partial charge on any atom is -0.480 e. The summed E-state index contributed by atoms with van der Waals surface area (Å²) in [4.78, 5) is 22.1. The number of nitrogens with two attached hydrogens (primary N) is 1. The highest BCUT2D eigenvalue weighted by molar-refractivity contribution is 5.86. The number of hydrogen-bond donors (Lipinski definition) is 3. The molecular formula is C10H20N2O3. The van der Waals surface area contributed by atoms with Gasteiger partial charge in [-0.25, -0.2) is 4.79 Å². The van der Waals surface area contributed by atoms with Crippen molar-refractivity contribution in [2.24, 2.45) is 11.7 Å². The molecule has 0 spiro atoms. The monoisotopic (exact) mass is 216 g/mol. The maximum atomic E-state index is 11.5. The van der Waals surface area contributed by atoms with Gasteiger partial charge < -0.3 is 16.2 Å². The van der Waals surface area contributed by atoms with Crippen LogP contribution in [0.25, 0.3) is 0 Å². The number of carboxylic acids is 1. The van der Waals surface area contributed by atoms with Gasteiger partial charge in [0.1, 0.15) is 6.04 Å². The Morgan fingerprint density at radius 1 is 1.40 bits per heavy atom. The van der Waals surface area contributed by atoms with E-state index in [-0.39, 0.29) is 0 Å². The molecule has 0 bridgehead atoms. The molecule has 2 atom stereocenters. The van der Waals surface area contributed by atoms with Gasteiger partial charge in [-0.3, -0.25) is 4.79 Å². The van der Waals surface area contributed by atoms with Crippen molar-refractivity contribution in [3.8, 4) is 0 Å². The van der Waals surface area contributed by atoms with Crippen molar-refractivity contribution in [3.05, 3.63) is 0 Å². The van der Waals surface area contributed by atoms with E-state index in [1.807, 2.05) is 13.8 Å². The molecular weight excluding hydrogens is 196 g/mol. The van der Waals surface area contributed by atoms with Crippen molar-refractivity contribution >= 4 is 11.9 Å². The number of carboxylic acid groups (broad SMARTS) is 1. The van der Waals surface area contributed by atoms with Gasteiger partial charge in [-0.2, -0.15) is 0 Å². The zero-order chi connectivity index (χ0) is 12.0. The van der Waals surface area contributed by atoms with E-state index in [4.69, 9.17) is 10.8 Å². The summed E-state index contributed by atoms with van der Waals surface area (Å²) < 4.78 is 0. The second-order valence-electron chi connectivity index (χ2n) is 4.04. The Balaban J connectivity index is 4.16. The van der Waals surface area contributed by atoms with E-state index < -0.39 is 24.0 Å². The highest BCUT2D eigenvalue weighted by Gasteiger charge is 2.21. The largest absolute Gasteiger partial charge is 0.480 e. The van der Waals surface area contributed by atoms with Crippen LogP contribution in [0.3, 0.4) is 0 Å². The molecule has 5 nitrogen and oxygen atoms in total. The summed E-state index contributed by atoms with van der Waals surface area (Å²) in [5.74, 6) is -1.10. The molecule has 0 heterocycles. The maximum absolute atomic E-state index is 11.5. The molecule has 0 aromatic rings. The molecule has 0 saturated heterocycles. The zero-order valence-corrected chi connectivity index (χ0v) is 9.49. The summed E-state index contributed by atoms with van der Waals surface area (Å²) in [5, 5.41) is 11.1. The fraction of sp³-hybridized carbons (Fsp3) is 0.800. The zero-order valence-electron chi connectivity index (χ0n) is 9.49. The summed E-state index contributed by atoms with van der Waals surface area (Å²) in [6, 6.07) is -1.46. The van der Waals surface area contributed by atoms with E-state index >= 15 is 0 Å². The molecule has 5 heteroatoms. The van der Waals surface area contributed by atoms with Gasteiger partial charge in [0.05, 0.1) is 6.04 Å². The number of nitrogens with one attached hydrogen (secondary N) is 1. The molecule has 0 aromatic heterocycles. The van der Waals surface area contributed by atoms with E-state index in [0.29, 0.717) is 18.8 Å². The number of carbonyl (C=O) groups excluding carboxylic acids is 1. The number of hydrogen-bond acceptors (Lipinski definition) is 3. The predicted molar refractivity (Wildman–Crippen MR) is 57.3 cm³/mol. The Labute approximate surface area is 90.0 Å². The first-order valence-corrected chi connectivity index (χ1v) is 5.17. The Morgan fingerprint density at radius 2 is 1.93 bits per heavy atom. The Hall–Kier alpha value is -1.10. The van der Waals surface area contributed by atoms with E-state index in [1.54, 1.807) is 6.92 Å². The Bertz CT molecular complexity index is 229. The molecule has 0 fully saturated rings. The predicted octanol–water partition coefficient (Wildman–Crippen LogP) is 0.339. The van der Waals surface area contributed by atoms with E-state index in [2.05, 4.69) is 5.32 Å². The second kappa shape index (κ2) is 6.40. The summed E-state index contributed by atoms with van der Waals surface area (Å²) in [5.41, 5.74) is 5.62. The SMILES string of the molecule is CC[C@H](NC(=O)[C@H](N)CC(C)C)C(=O)O. The van der Waals surface area contributed by atoms with Gasteiger partial charge in [0, 0.05) is 0 Å². The fourth-order valence-corrected chi connectivity index (χ4v) is 1.23. The van der Waals surface area contributed by atoms with Crippen LogP contribution in [0.2, 0.25) is 0 Å². The van der Waals surface area contributed by atoms with Crippen LogP contribution in [0.4, 0.5) is 0 Å². The fourth-order valence-electron chi connectivity index (χ4n) is 1.23. The van der Waals surface area contributed by atoms with Crippen LogP contribution in [-0.2, 0) is 9.59 Å². The van der Waals surface area contributed by atoms with Crippen molar-refractivity contribution in [1.29, 1.82) is 0 Å². The minimum absolute atomic E-state index is 0.315. The standard InChI is InChI=1S/C10H20N2O3/c1-4-8(10(14)15)12-9(13)7(11)5-6(2)3/h6-8H,4-5,11H2,1-3H3,(H,12,13)(H,14,15)/t7-,8+/m1/s1. The average molecular weight is 216 g/mol. The summed E-state index contributed by atoms with van der Waals surface area (Å²) in [6.07, 6.45) is 0.914. The Morgan fingerprint density at radius 3 is 2.27 bits per heavy atom. The van der Waals surface area contributed by atoms with Crippen molar-refractivity contribution < 1.29 is 14.7 Å². The van der Waals surface area contributed by atoms with Gasteiger partial charge in [0.25, 0.3) is 0 Å². The van der Waals surface area contributed by atoms with Crippen molar-refractivity contribution in [2.45, 2.75) is 45.7 Å². The molecule has 0 saturated carbocycles. The van der Waals surface area contributed by atoms with Crippen LogP contribution < -0.4 is 11.1 Å². The quantitative estimate of drug-likeness (QED) is 0.597. The van der Waals surface area contributed by atoms with Gasteiger partial charge in [-0.1, -0.05) is 20.8 Å². The topological polar surface area (TPSA) is 92.4 Å². The third-order valence-electron chi connectivity index (χ3n) is 2.08. The van der Waals surface area contributed by atoms with Crippen LogP contribution in [-0.4, -0.2) is 29.1 Å². The van der Waals surface area contributed by atoms with E-state index in [0.717, 1.165) is 0 Å². The summed E-state index contributed by atoms with van der Waals surface area (Å²) >= 11 is 0. The number of aliphatic carboxylic acids is 1. The normalized spacial score (nSPS) is 14.7. The van der Waals surface area contributed by atoms with Gasteiger partial charge in [0.15, 0.2) is 0 Å². The molecule has 15 heavy (non-hydrogen) atoms. The first-order valence-electron chi connectivity index (χ1n) is 5.17. The van der Waals surface area contributed by atoms with Gasteiger partial charge in [0.2, 0.25) is 5.91 Å². The molecule has 0 rings (SSSR count). The van der Waals surface area contributed by atoms with Gasteiger partial charge >= 0.3 is 5.97 Å². The number of amides is 1. The highest BCUT2D eigenvalue weighted by Crippen LogP contribution is 2.03. The molecule has 0 aliphatic carbocycles. The molecule has 0 radical (unpaired) electrons. The van der Waals surface area contributed by atoms with Crippen LogP contribution in [0.15, 0.2) is 0 Å². The summed E-state index contributed by atoms with van der Waals surface area (Å²) in [6.45, 7) is 5.62. The van der Waals surface area contributed by atoms with Crippen molar-refractivity contribution in [1.82, 2.24) is 5.32 Å². The number of rotatable bonds is 6. The molecule has 88 valence electrons. The van der Waals surface area contributed by atoms with Crippen LogP contribution >= 0.6 is 0 Å². The van der Waals surface area contributed by atoms with Crippen LogP contribution in [0, 0.1) is 5.92 Å². The third-order valence-corrected chi connectivity index (χ3v) is 2.08. The van der Waals surface area contributed by atoms with Crippen LogP contribution in [0.5, 0.6) is 0 Å². The van der Waals surface area contributed by atoms with Crippen molar-refractivity contribution in [3.63, 3.8) is 0 Å². The van der Waals surface area contributed by atoms with Gasteiger partial charge in [-0.05, 0) is 18.8 Å². The second-order valence-corrected chi connectivity index (χ2v) is 4.04. The lowest BCUT2D eigenvalue weighted by atomic mass is 10.0. The third kappa shape index (κ3) is 5.37. The van der Waals surface area contributed by atoms with E-state index in [9.17, 15) is 9.59 Å². The molecule has 0 unspecified atom stereocenters. The van der Waals surface area contributed by atoms with E-state index in [1.165, 1.54) is 0 Å². The lowest BCUT2D eigenvalue weighted by Gasteiger charge is -2.17. The molecule has 0 aromatic carbocycles.